The van der Waals surface area contributed by atoms with Gasteiger partial charge in [-0.15, -0.1) is 0 Å². The monoisotopic (exact) mass is 461 g/mol. The summed E-state index contributed by atoms with van der Waals surface area (Å²) >= 11 is 3.55. The van der Waals surface area contributed by atoms with Crippen LogP contribution in [0.25, 0.3) is 16.5 Å². The standard InChI is InChI=1S/C25H20BrNO3/c1-13-2-5-18-20(12-27-21(18)8-13)24(15-10-22(28)25(30)23(29)11-15)19-6-3-14-9-16(26)4-7-17(14)19/h2,4-12,24,27-30H,3H2,1H3. The van der Waals surface area contributed by atoms with E-state index in [1.54, 1.807) is 0 Å². The topological polar surface area (TPSA) is 76.5 Å². The number of phenols is 3. The molecule has 0 amide bonds. The van der Waals surface area contributed by atoms with E-state index in [2.05, 4.69) is 64.2 Å². The Morgan fingerprint density at radius 3 is 2.50 bits per heavy atom. The molecule has 1 unspecified atom stereocenters. The van der Waals surface area contributed by atoms with Gasteiger partial charge in [0.25, 0.3) is 0 Å². The third-order valence-corrected chi connectivity index (χ3v) is 6.33. The van der Waals surface area contributed by atoms with Crippen LogP contribution in [0.5, 0.6) is 17.2 Å². The number of H-pyrrole nitrogens is 1. The SMILES string of the molecule is Cc1ccc2c(C(C3=CCc4cc(Br)ccc43)c3cc(O)c(O)c(O)c3)c[nH]c2c1. The van der Waals surface area contributed by atoms with Gasteiger partial charge in [0.1, 0.15) is 0 Å². The minimum Gasteiger partial charge on any atom is -0.504 e. The molecule has 1 atom stereocenters. The molecule has 30 heavy (non-hydrogen) atoms. The van der Waals surface area contributed by atoms with Gasteiger partial charge in [0.15, 0.2) is 17.2 Å². The average Bonchev–Trinajstić information content (AvgIpc) is 3.30. The Hall–Kier alpha value is -3.18. The molecule has 1 heterocycles. The molecule has 0 aliphatic heterocycles. The van der Waals surface area contributed by atoms with Crippen molar-refractivity contribution in [2.45, 2.75) is 19.3 Å². The predicted molar refractivity (Wildman–Crippen MR) is 122 cm³/mol. The summed E-state index contributed by atoms with van der Waals surface area (Å²) in [6.07, 6.45) is 5.02. The second-order valence-electron chi connectivity index (χ2n) is 7.80. The van der Waals surface area contributed by atoms with Crippen molar-refractivity contribution in [2.24, 2.45) is 0 Å². The van der Waals surface area contributed by atoms with Crippen LogP contribution in [0.2, 0.25) is 0 Å². The van der Waals surface area contributed by atoms with Gasteiger partial charge in [0.2, 0.25) is 0 Å². The van der Waals surface area contributed by atoms with Crippen molar-refractivity contribution in [3.8, 4) is 17.2 Å². The molecule has 0 spiro atoms. The predicted octanol–water partition coefficient (Wildman–Crippen LogP) is 6.13. The van der Waals surface area contributed by atoms with Crippen LogP contribution >= 0.6 is 15.9 Å². The Balaban J connectivity index is 1.76. The molecule has 3 aromatic carbocycles. The number of aromatic nitrogens is 1. The van der Waals surface area contributed by atoms with Gasteiger partial charge in [-0.2, -0.15) is 0 Å². The summed E-state index contributed by atoms with van der Waals surface area (Å²) in [5.74, 6) is -1.39. The minimum atomic E-state index is -0.503. The molecule has 1 aliphatic carbocycles. The number of hydrogen-bond acceptors (Lipinski definition) is 3. The van der Waals surface area contributed by atoms with E-state index in [1.165, 1.54) is 23.3 Å². The lowest BCUT2D eigenvalue weighted by Gasteiger charge is -2.21. The van der Waals surface area contributed by atoms with E-state index in [9.17, 15) is 15.3 Å². The van der Waals surface area contributed by atoms with Crippen molar-refractivity contribution in [1.82, 2.24) is 4.98 Å². The molecule has 1 aromatic heterocycles. The smallest absolute Gasteiger partial charge is 0.200 e. The highest BCUT2D eigenvalue weighted by Crippen LogP contribution is 2.48. The maximum atomic E-state index is 10.2. The highest BCUT2D eigenvalue weighted by atomic mass is 79.9. The van der Waals surface area contributed by atoms with Crippen molar-refractivity contribution < 1.29 is 15.3 Å². The normalized spacial score (nSPS) is 14.0. The summed E-state index contributed by atoms with van der Waals surface area (Å²) in [6, 6.07) is 15.6. The number of aromatic hydroxyl groups is 3. The Kier molecular flexibility index (Phi) is 4.36. The highest BCUT2D eigenvalue weighted by Gasteiger charge is 2.28. The molecular weight excluding hydrogens is 442 g/mol. The lowest BCUT2D eigenvalue weighted by Crippen LogP contribution is -2.03. The van der Waals surface area contributed by atoms with Crippen molar-refractivity contribution in [2.75, 3.05) is 0 Å². The first-order valence-electron chi connectivity index (χ1n) is 9.73. The molecule has 1 aliphatic rings. The zero-order valence-electron chi connectivity index (χ0n) is 16.3. The molecule has 5 rings (SSSR count). The summed E-state index contributed by atoms with van der Waals surface area (Å²) in [5.41, 5.74) is 7.47. The molecule has 4 nitrogen and oxygen atoms in total. The van der Waals surface area contributed by atoms with Crippen molar-refractivity contribution in [3.05, 3.63) is 93.1 Å². The molecule has 0 saturated carbocycles. The van der Waals surface area contributed by atoms with Crippen LogP contribution in [0.4, 0.5) is 0 Å². The van der Waals surface area contributed by atoms with Crippen LogP contribution in [-0.2, 0) is 6.42 Å². The second kappa shape index (κ2) is 6.96. The summed E-state index contributed by atoms with van der Waals surface area (Å²) in [7, 11) is 0. The van der Waals surface area contributed by atoms with Crippen LogP contribution < -0.4 is 0 Å². The Labute approximate surface area is 182 Å². The van der Waals surface area contributed by atoms with Crippen LogP contribution in [0.1, 0.15) is 33.7 Å². The highest BCUT2D eigenvalue weighted by molar-refractivity contribution is 9.10. The quantitative estimate of drug-likeness (QED) is 0.277. The van der Waals surface area contributed by atoms with E-state index in [0.29, 0.717) is 5.56 Å². The first-order chi connectivity index (χ1) is 14.4. The number of rotatable bonds is 3. The van der Waals surface area contributed by atoms with Crippen molar-refractivity contribution in [3.63, 3.8) is 0 Å². The zero-order valence-corrected chi connectivity index (χ0v) is 17.9. The van der Waals surface area contributed by atoms with Gasteiger partial charge >= 0.3 is 0 Å². The lowest BCUT2D eigenvalue weighted by atomic mass is 9.82. The summed E-state index contributed by atoms with van der Waals surface area (Å²) in [5, 5.41) is 31.4. The van der Waals surface area contributed by atoms with Gasteiger partial charge in [0, 0.05) is 27.5 Å². The molecule has 0 radical (unpaired) electrons. The number of nitrogens with one attached hydrogen (secondary N) is 1. The van der Waals surface area contributed by atoms with Gasteiger partial charge < -0.3 is 20.3 Å². The van der Waals surface area contributed by atoms with E-state index < -0.39 is 5.75 Å². The molecule has 150 valence electrons. The van der Waals surface area contributed by atoms with Crippen LogP contribution in [0, 0.1) is 6.92 Å². The summed E-state index contributed by atoms with van der Waals surface area (Å²) in [4.78, 5) is 3.37. The molecule has 0 saturated heterocycles. The first kappa shape index (κ1) is 18.8. The van der Waals surface area contributed by atoms with Gasteiger partial charge in [-0.3, -0.25) is 0 Å². The number of phenolic OH excluding ortho intramolecular Hbond substituents is 3. The molecular formula is C25H20BrNO3. The maximum Gasteiger partial charge on any atom is 0.200 e. The number of fused-ring (bicyclic) bond motifs is 2. The fourth-order valence-electron chi connectivity index (χ4n) is 4.44. The van der Waals surface area contributed by atoms with Crippen LogP contribution in [-0.4, -0.2) is 20.3 Å². The largest absolute Gasteiger partial charge is 0.504 e. The van der Waals surface area contributed by atoms with E-state index >= 15 is 0 Å². The van der Waals surface area contributed by atoms with E-state index in [1.807, 2.05) is 12.3 Å². The van der Waals surface area contributed by atoms with E-state index in [-0.39, 0.29) is 17.4 Å². The fraction of sp³-hybridized carbons (Fsp3) is 0.120. The van der Waals surface area contributed by atoms with Crippen molar-refractivity contribution in [1.29, 1.82) is 0 Å². The van der Waals surface area contributed by atoms with Gasteiger partial charge in [0.05, 0.1) is 0 Å². The van der Waals surface area contributed by atoms with Gasteiger partial charge in [-0.05, 0) is 77.1 Å². The lowest BCUT2D eigenvalue weighted by molar-refractivity contribution is 0.367. The third-order valence-electron chi connectivity index (χ3n) is 5.84. The molecule has 5 heteroatoms. The Morgan fingerprint density at radius 2 is 1.73 bits per heavy atom. The van der Waals surface area contributed by atoms with E-state index in [0.717, 1.165) is 38.5 Å². The number of benzene rings is 3. The number of aryl methyl sites for hydroxylation is 1. The van der Waals surface area contributed by atoms with Crippen molar-refractivity contribution >= 4 is 32.4 Å². The van der Waals surface area contributed by atoms with E-state index in [4.69, 9.17) is 0 Å². The number of halogens is 1. The average molecular weight is 462 g/mol. The third kappa shape index (κ3) is 2.97. The summed E-state index contributed by atoms with van der Waals surface area (Å²) in [6.45, 7) is 2.06. The number of aromatic amines is 1. The fourth-order valence-corrected chi connectivity index (χ4v) is 4.84. The Bertz CT molecular complexity index is 1310. The first-order valence-corrected chi connectivity index (χ1v) is 10.5. The van der Waals surface area contributed by atoms with Gasteiger partial charge in [-0.25, -0.2) is 0 Å². The van der Waals surface area contributed by atoms with Crippen LogP contribution in [0.3, 0.4) is 0 Å². The van der Waals surface area contributed by atoms with Crippen LogP contribution in [0.15, 0.2) is 65.3 Å². The minimum absolute atomic E-state index is 0.221. The zero-order chi connectivity index (χ0) is 21.0. The second-order valence-corrected chi connectivity index (χ2v) is 8.71. The number of hydrogen-bond donors (Lipinski definition) is 4. The van der Waals surface area contributed by atoms with Gasteiger partial charge in [-0.1, -0.05) is 40.2 Å². The molecule has 0 fully saturated rings. The summed E-state index contributed by atoms with van der Waals surface area (Å²) < 4.78 is 1.04. The molecule has 4 N–H and O–H groups in total. The Morgan fingerprint density at radius 1 is 0.967 bits per heavy atom. The molecule has 0 bridgehead atoms. The number of allylic oxidation sites excluding steroid dienone is 2. The maximum absolute atomic E-state index is 10.2. The molecule has 4 aromatic rings.